The third-order valence-electron chi connectivity index (χ3n) is 4.72. The van der Waals surface area contributed by atoms with Crippen molar-refractivity contribution in [3.8, 4) is 5.75 Å². The highest BCUT2D eigenvalue weighted by Crippen LogP contribution is 2.28. The van der Waals surface area contributed by atoms with Gasteiger partial charge in [0.1, 0.15) is 5.75 Å². The highest BCUT2D eigenvalue weighted by atomic mass is 16.5. The molecule has 0 radical (unpaired) electrons. The molecule has 6 heteroatoms. The first-order chi connectivity index (χ1) is 11.8. The van der Waals surface area contributed by atoms with Crippen molar-refractivity contribution in [2.75, 3.05) is 57.9 Å². The lowest BCUT2D eigenvalue weighted by atomic mass is 10.2. The van der Waals surface area contributed by atoms with Crippen LogP contribution in [0.15, 0.2) is 24.3 Å². The highest BCUT2D eigenvalue weighted by molar-refractivity contribution is 5.78. The molecule has 24 heavy (non-hydrogen) atoms. The number of carbonyl (C=O) groups excluding carboxylic acids is 1. The SMILES string of the molecule is COc1ccccc1N1CCN(CC(=O)NCC2CCCO2)CC1. The molecular formula is C18H27N3O3. The van der Waals surface area contributed by atoms with E-state index < -0.39 is 0 Å². The van der Waals surface area contributed by atoms with E-state index in [2.05, 4.69) is 21.2 Å². The van der Waals surface area contributed by atoms with Gasteiger partial charge in [-0.25, -0.2) is 0 Å². The third-order valence-corrected chi connectivity index (χ3v) is 4.72. The summed E-state index contributed by atoms with van der Waals surface area (Å²) < 4.78 is 11.0. The second-order valence-electron chi connectivity index (χ2n) is 6.37. The number of methoxy groups -OCH3 is 1. The van der Waals surface area contributed by atoms with Crippen LogP contribution in [-0.2, 0) is 9.53 Å². The molecule has 0 aliphatic carbocycles. The number of benzene rings is 1. The van der Waals surface area contributed by atoms with Crippen LogP contribution in [0.2, 0.25) is 0 Å². The minimum absolute atomic E-state index is 0.0937. The minimum Gasteiger partial charge on any atom is -0.495 e. The van der Waals surface area contributed by atoms with E-state index in [4.69, 9.17) is 9.47 Å². The van der Waals surface area contributed by atoms with E-state index >= 15 is 0 Å². The Morgan fingerprint density at radius 2 is 2.08 bits per heavy atom. The van der Waals surface area contributed by atoms with Gasteiger partial charge in [0.25, 0.3) is 0 Å². The first kappa shape index (κ1) is 17.0. The number of rotatable bonds is 6. The van der Waals surface area contributed by atoms with E-state index in [9.17, 15) is 4.79 Å². The van der Waals surface area contributed by atoms with Crippen molar-refractivity contribution in [1.29, 1.82) is 0 Å². The van der Waals surface area contributed by atoms with Crippen molar-refractivity contribution in [1.82, 2.24) is 10.2 Å². The molecule has 0 aromatic heterocycles. The van der Waals surface area contributed by atoms with Crippen molar-refractivity contribution in [2.45, 2.75) is 18.9 Å². The number of anilines is 1. The van der Waals surface area contributed by atoms with Crippen LogP contribution in [0, 0.1) is 0 Å². The molecule has 6 nitrogen and oxygen atoms in total. The predicted octanol–water partition coefficient (Wildman–Crippen LogP) is 1.11. The van der Waals surface area contributed by atoms with Crippen molar-refractivity contribution < 1.29 is 14.3 Å². The van der Waals surface area contributed by atoms with Crippen molar-refractivity contribution in [2.24, 2.45) is 0 Å². The zero-order chi connectivity index (χ0) is 16.8. The topological polar surface area (TPSA) is 54.0 Å². The Bertz CT molecular complexity index is 538. The largest absolute Gasteiger partial charge is 0.495 e. The Labute approximate surface area is 143 Å². The summed E-state index contributed by atoms with van der Waals surface area (Å²) in [6.07, 6.45) is 2.36. The molecule has 0 saturated carbocycles. The molecule has 3 rings (SSSR count). The van der Waals surface area contributed by atoms with Gasteiger partial charge in [0.15, 0.2) is 0 Å². The lowest BCUT2D eigenvalue weighted by molar-refractivity contribution is -0.122. The Hall–Kier alpha value is -1.79. The summed E-state index contributed by atoms with van der Waals surface area (Å²) in [4.78, 5) is 16.6. The zero-order valence-corrected chi connectivity index (χ0v) is 14.4. The van der Waals surface area contributed by atoms with Crippen molar-refractivity contribution >= 4 is 11.6 Å². The number of nitrogens with zero attached hydrogens (tertiary/aromatic N) is 2. The second kappa shape index (κ2) is 8.35. The van der Waals surface area contributed by atoms with Gasteiger partial charge >= 0.3 is 0 Å². The van der Waals surface area contributed by atoms with Gasteiger partial charge in [0.2, 0.25) is 5.91 Å². The number of nitrogens with one attached hydrogen (secondary N) is 1. The maximum Gasteiger partial charge on any atom is 0.234 e. The third kappa shape index (κ3) is 4.39. The molecule has 1 unspecified atom stereocenters. The normalized spacial score (nSPS) is 21.7. The van der Waals surface area contributed by atoms with Gasteiger partial charge in [0.05, 0.1) is 25.4 Å². The molecular weight excluding hydrogens is 306 g/mol. The monoisotopic (exact) mass is 333 g/mol. The molecule has 1 aromatic carbocycles. The van der Waals surface area contributed by atoms with E-state index in [0.717, 1.165) is 57.1 Å². The van der Waals surface area contributed by atoms with E-state index in [1.54, 1.807) is 7.11 Å². The molecule has 1 N–H and O–H groups in total. The number of ether oxygens (including phenoxy) is 2. The molecule has 132 valence electrons. The Balaban J connectivity index is 1.42. The smallest absolute Gasteiger partial charge is 0.234 e. The minimum atomic E-state index is 0.0937. The van der Waals surface area contributed by atoms with E-state index in [1.165, 1.54) is 0 Å². The number of amides is 1. The summed E-state index contributed by atoms with van der Waals surface area (Å²) in [5.74, 6) is 0.997. The van der Waals surface area contributed by atoms with Gasteiger partial charge in [-0.1, -0.05) is 12.1 Å². The average molecular weight is 333 g/mol. The fourth-order valence-corrected chi connectivity index (χ4v) is 3.33. The van der Waals surface area contributed by atoms with E-state index in [0.29, 0.717) is 13.1 Å². The molecule has 1 aromatic rings. The van der Waals surface area contributed by atoms with Crippen molar-refractivity contribution in [3.05, 3.63) is 24.3 Å². The maximum absolute atomic E-state index is 12.1. The number of para-hydroxylation sites is 2. The summed E-state index contributed by atoms with van der Waals surface area (Å²) in [5.41, 5.74) is 1.13. The predicted molar refractivity (Wildman–Crippen MR) is 93.6 cm³/mol. The van der Waals surface area contributed by atoms with Crippen LogP contribution in [0.3, 0.4) is 0 Å². The quantitative estimate of drug-likeness (QED) is 0.845. The maximum atomic E-state index is 12.1. The molecule has 0 bridgehead atoms. The van der Waals surface area contributed by atoms with E-state index in [1.807, 2.05) is 18.2 Å². The molecule has 2 aliphatic rings. The number of piperazine rings is 1. The summed E-state index contributed by atoms with van der Waals surface area (Å²) in [6.45, 7) is 5.49. The van der Waals surface area contributed by atoms with Crippen LogP contribution in [0.4, 0.5) is 5.69 Å². The molecule has 2 saturated heterocycles. The van der Waals surface area contributed by atoms with Crippen LogP contribution in [0.5, 0.6) is 5.75 Å². The molecule has 1 atom stereocenters. The van der Waals surface area contributed by atoms with Crippen LogP contribution in [-0.4, -0.2) is 69.9 Å². The molecule has 2 aliphatic heterocycles. The lowest BCUT2D eigenvalue weighted by Gasteiger charge is -2.36. The van der Waals surface area contributed by atoms with Gasteiger partial charge in [-0.3, -0.25) is 9.69 Å². The Morgan fingerprint density at radius 1 is 1.29 bits per heavy atom. The molecule has 2 fully saturated rings. The number of hydrogen-bond donors (Lipinski definition) is 1. The van der Waals surface area contributed by atoms with Crippen molar-refractivity contribution in [3.63, 3.8) is 0 Å². The highest BCUT2D eigenvalue weighted by Gasteiger charge is 2.22. The van der Waals surface area contributed by atoms with Crippen LogP contribution in [0.1, 0.15) is 12.8 Å². The number of carbonyl (C=O) groups is 1. The summed E-state index contributed by atoms with van der Waals surface area (Å²) >= 11 is 0. The zero-order valence-electron chi connectivity index (χ0n) is 14.4. The molecule has 2 heterocycles. The van der Waals surface area contributed by atoms with Gasteiger partial charge in [0, 0.05) is 39.3 Å². The molecule has 1 amide bonds. The summed E-state index contributed by atoms with van der Waals surface area (Å²) in [7, 11) is 1.70. The van der Waals surface area contributed by atoms with Gasteiger partial charge in [-0.05, 0) is 25.0 Å². The van der Waals surface area contributed by atoms with Crippen LogP contribution in [0.25, 0.3) is 0 Å². The Morgan fingerprint density at radius 3 is 2.79 bits per heavy atom. The second-order valence-corrected chi connectivity index (χ2v) is 6.37. The first-order valence-electron chi connectivity index (χ1n) is 8.75. The van der Waals surface area contributed by atoms with Crippen LogP contribution < -0.4 is 15.0 Å². The van der Waals surface area contributed by atoms with Gasteiger partial charge < -0.3 is 19.7 Å². The number of hydrogen-bond acceptors (Lipinski definition) is 5. The summed E-state index contributed by atoms with van der Waals surface area (Å²) in [5, 5.41) is 2.99. The van der Waals surface area contributed by atoms with E-state index in [-0.39, 0.29) is 12.0 Å². The fourth-order valence-electron chi connectivity index (χ4n) is 3.33. The van der Waals surface area contributed by atoms with Crippen LogP contribution >= 0.6 is 0 Å². The summed E-state index contributed by atoms with van der Waals surface area (Å²) in [6, 6.07) is 8.09. The van der Waals surface area contributed by atoms with Gasteiger partial charge in [-0.15, -0.1) is 0 Å². The van der Waals surface area contributed by atoms with Gasteiger partial charge in [-0.2, -0.15) is 0 Å². The lowest BCUT2D eigenvalue weighted by Crippen LogP contribution is -2.50. The fraction of sp³-hybridized carbons (Fsp3) is 0.611. The Kier molecular flexibility index (Phi) is 5.93. The first-order valence-corrected chi connectivity index (χ1v) is 8.75. The average Bonchev–Trinajstić information content (AvgIpc) is 3.14. The molecule has 0 spiro atoms. The standard InChI is InChI=1S/C18H27N3O3/c1-23-17-7-3-2-6-16(17)21-10-8-20(9-11-21)14-18(22)19-13-15-5-4-12-24-15/h2-3,6-7,15H,4-5,8-14H2,1H3,(H,19,22).